The molecule has 0 radical (unpaired) electrons. The second-order valence-corrected chi connectivity index (χ2v) is 4.49. The summed E-state index contributed by atoms with van der Waals surface area (Å²) in [5.41, 5.74) is 2.00. The molecule has 2 aromatic rings. The van der Waals surface area contributed by atoms with Crippen LogP contribution in [0.5, 0.6) is 11.5 Å². The van der Waals surface area contributed by atoms with Gasteiger partial charge in [-0.15, -0.1) is 0 Å². The first kappa shape index (κ1) is 14.2. The maximum absolute atomic E-state index is 9.81. The van der Waals surface area contributed by atoms with E-state index in [9.17, 15) is 10.2 Å². The van der Waals surface area contributed by atoms with Crippen LogP contribution < -0.4 is 9.64 Å². The lowest BCUT2D eigenvalue weighted by Gasteiger charge is -2.24. The van der Waals surface area contributed by atoms with Gasteiger partial charge in [-0.3, -0.25) is 0 Å². The van der Waals surface area contributed by atoms with Gasteiger partial charge >= 0.3 is 0 Å². The van der Waals surface area contributed by atoms with Crippen molar-refractivity contribution in [3.63, 3.8) is 0 Å². The summed E-state index contributed by atoms with van der Waals surface area (Å²) in [6.07, 6.45) is 0. The van der Waals surface area contributed by atoms with Crippen LogP contribution in [0.25, 0.3) is 0 Å². The molecule has 2 N–H and O–H groups in total. The van der Waals surface area contributed by atoms with Crippen molar-refractivity contribution in [2.75, 3.05) is 25.2 Å². The van der Waals surface area contributed by atoms with Crippen molar-refractivity contribution < 1.29 is 14.9 Å². The first-order chi connectivity index (χ1) is 9.74. The highest BCUT2D eigenvalue weighted by atomic mass is 16.5. The van der Waals surface area contributed by atoms with Crippen LogP contribution in [0, 0.1) is 0 Å². The van der Waals surface area contributed by atoms with E-state index < -0.39 is 0 Å². The van der Waals surface area contributed by atoms with Crippen molar-refractivity contribution >= 4 is 5.69 Å². The Morgan fingerprint density at radius 2 is 1.85 bits per heavy atom. The molecule has 0 unspecified atom stereocenters. The number of ether oxygens (including phenoxy) is 1. The molecule has 0 atom stereocenters. The van der Waals surface area contributed by atoms with E-state index in [2.05, 4.69) is 4.90 Å². The topological polar surface area (TPSA) is 52.9 Å². The van der Waals surface area contributed by atoms with Crippen LogP contribution in [0.1, 0.15) is 5.56 Å². The number of benzene rings is 2. The number of anilines is 1. The molecule has 0 fully saturated rings. The number of phenols is 1. The summed E-state index contributed by atoms with van der Waals surface area (Å²) in [4.78, 5) is 2.06. The molecule has 0 aliphatic carbocycles. The summed E-state index contributed by atoms with van der Waals surface area (Å²) in [6.45, 7) is 1.23. The maximum Gasteiger partial charge on any atom is 0.160 e. The van der Waals surface area contributed by atoms with Crippen LogP contribution in [0.4, 0.5) is 5.69 Å². The van der Waals surface area contributed by atoms with Gasteiger partial charge in [0.2, 0.25) is 0 Å². The molecule has 0 aliphatic rings. The summed E-state index contributed by atoms with van der Waals surface area (Å²) in [6, 6.07) is 15.2. The zero-order chi connectivity index (χ0) is 14.4. The smallest absolute Gasteiger partial charge is 0.160 e. The van der Waals surface area contributed by atoms with E-state index in [4.69, 9.17) is 4.74 Å². The Morgan fingerprint density at radius 3 is 2.45 bits per heavy atom. The minimum Gasteiger partial charge on any atom is -0.504 e. The van der Waals surface area contributed by atoms with E-state index in [1.165, 1.54) is 7.11 Å². The van der Waals surface area contributed by atoms with E-state index in [-0.39, 0.29) is 12.4 Å². The molecule has 0 saturated heterocycles. The number of methoxy groups -OCH3 is 1. The fourth-order valence-corrected chi connectivity index (χ4v) is 2.11. The third kappa shape index (κ3) is 3.42. The normalized spacial score (nSPS) is 10.3. The molecule has 0 aromatic heterocycles. The SMILES string of the molecule is COc1ccc(CN(CCO)c2ccccc2)cc1O. The highest BCUT2D eigenvalue weighted by Gasteiger charge is 2.08. The van der Waals surface area contributed by atoms with Gasteiger partial charge in [-0.1, -0.05) is 24.3 Å². The Bertz CT molecular complexity index is 543. The molecule has 0 amide bonds. The van der Waals surface area contributed by atoms with E-state index in [1.807, 2.05) is 36.4 Å². The molecule has 4 heteroatoms. The van der Waals surface area contributed by atoms with Crippen molar-refractivity contribution in [3.8, 4) is 11.5 Å². The number of nitrogens with zero attached hydrogens (tertiary/aromatic N) is 1. The van der Waals surface area contributed by atoms with Crippen molar-refractivity contribution in [1.29, 1.82) is 0 Å². The van der Waals surface area contributed by atoms with E-state index in [1.54, 1.807) is 12.1 Å². The molecule has 2 rings (SSSR count). The van der Waals surface area contributed by atoms with E-state index in [0.29, 0.717) is 18.8 Å². The predicted octanol–water partition coefficient (Wildman–Crippen LogP) is 2.40. The Morgan fingerprint density at radius 1 is 1.10 bits per heavy atom. The van der Waals surface area contributed by atoms with Crippen LogP contribution in [-0.4, -0.2) is 30.5 Å². The number of aliphatic hydroxyl groups excluding tert-OH is 1. The number of rotatable bonds is 6. The molecule has 0 saturated carbocycles. The van der Waals surface area contributed by atoms with Gasteiger partial charge in [-0.2, -0.15) is 0 Å². The number of hydrogen-bond donors (Lipinski definition) is 2. The Hall–Kier alpha value is -2.20. The minimum absolute atomic E-state index is 0.0804. The zero-order valence-electron chi connectivity index (χ0n) is 11.5. The third-order valence-electron chi connectivity index (χ3n) is 3.11. The second kappa shape index (κ2) is 6.82. The zero-order valence-corrected chi connectivity index (χ0v) is 11.5. The average Bonchev–Trinajstić information content (AvgIpc) is 2.48. The summed E-state index contributed by atoms with van der Waals surface area (Å²) >= 11 is 0. The van der Waals surface area contributed by atoms with Crippen molar-refractivity contribution in [3.05, 3.63) is 54.1 Å². The number of phenolic OH excluding ortho intramolecular Hbond substituents is 1. The van der Waals surface area contributed by atoms with Crippen LogP contribution >= 0.6 is 0 Å². The van der Waals surface area contributed by atoms with E-state index >= 15 is 0 Å². The number of para-hydroxylation sites is 1. The van der Waals surface area contributed by atoms with Crippen LogP contribution in [-0.2, 0) is 6.54 Å². The van der Waals surface area contributed by atoms with Crippen molar-refractivity contribution in [2.24, 2.45) is 0 Å². The Kier molecular flexibility index (Phi) is 4.85. The van der Waals surface area contributed by atoms with E-state index in [0.717, 1.165) is 11.3 Å². The third-order valence-corrected chi connectivity index (χ3v) is 3.11. The Balaban J connectivity index is 2.18. The fourth-order valence-electron chi connectivity index (χ4n) is 2.11. The quantitative estimate of drug-likeness (QED) is 0.848. The maximum atomic E-state index is 9.81. The predicted molar refractivity (Wildman–Crippen MR) is 79.2 cm³/mol. The highest BCUT2D eigenvalue weighted by molar-refractivity contribution is 5.48. The van der Waals surface area contributed by atoms with Gasteiger partial charge in [0.15, 0.2) is 11.5 Å². The fraction of sp³-hybridized carbons (Fsp3) is 0.250. The largest absolute Gasteiger partial charge is 0.504 e. The van der Waals surface area contributed by atoms with Crippen molar-refractivity contribution in [2.45, 2.75) is 6.54 Å². The monoisotopic (exact) mass is 273 g/mol. The first-order valence-electron chi connectivity index (χ1n) is 6.51. The minimum atomic E-state index is 0.0804. The van der Waals surface area contributed by atoms with Gasteiger partial charge in [0.1, 0.15) is 0 Å². The molecule has 0 spiro atoms. The molecule has 20 heavy (non-hydrogen) atoms. The number of aliphatic hydroxyl groups is 1. The second-order valence-electron chi connectivity index (χ2n) is 4.49. The van der Waals surface area contributed by atoms with Gasteiger partial charge in [0, 0.05) is 18.8 Å². The molecule has 0 heterocycles. The van der Waals surface area contributed by atoms with Gasteiger partial charge in [0.05, 0.1) is 13.7 Å². The van der Waals surface area contributed by atoms with Gasteiger partial charge in [-0.05, 0) is 29.8 Å². The summed E-state index contributed by atoms with van der Waals surface area (Å²) in [5.74, 6) is 0.587. The van der Waals surface area contributed by atoms with Crippen LogP contribution in [0.2, 0.25) is 0 Å². The average molecular weight is 273 g/mol. The number of hydrogen-bond acceptors (Lipinski definition) is 4. The summed E-state index contributed by atoms with van der Waals surface area (Å²) in [7, 11) is 1.52. The Labute approximate surface area is 118 Å². The van der Waals surface area contributed by atoms with Crippen LogP contribution in [0.15, 0.2) is 48.5 Å². The lowest BCUT2D eigenvalue weighted by Crippen LogP contribution is -2.25. The first-order valence-corrected chi connectivity index (χ1v) is 6.51. The summed E-state index contributed by atoms with van der Waals surface area (Å²) < 4.78 is 5.03. The lowest BCUT2D eigenvalue weighted by molar-refractivity contribution is 0.301. The molecule has 106 valence electrons. The molecule has 0 aliphatic heterocycles. The molecular formula is C16H19NO3. The van der Waals surface area contributed by atoms with Gasteiger partial charge in [0.25, 0.3) is 0 Å². The van der Waals surface area contributed by atoms with Gasteiger partial charge in [-0.25, -0.2) is 0 Å². The van der Waals surface area contributed by atoms with Crippen molar-refractivity contribution in [1.82, 2.24) is 0 Å². The lowest BCUT2D eigenvalue weighted by atomic mass is 10.1. The molecule has 4 nitrogen and oxygen atoms in total. The molecule has 0 bridgehead atoms. The number of aromatic hydroxyl groups is 1. The van der Waals surface area contributed by atoms with Gasteiger partial charge < -0.3 is 19.8 Å². The molecule has 2 aromatic carbocycles. The standard InChI is InChI=1S/C16H19NO3/c1-20-16-8-7-13(11-15(16)19)12-17(9-10-18)14-5-3-2-4-6-14/h2-8,11,18-19H,9-10,12H2,1H3. The molecular weight excluding hydrogens is 254 g/mol. The highest BCUT2D eigenvalue weighted by Crippen LogP contribution is 2.27. The van der Waals surface area contributed by atoms with Crippen LogP contribution in [0.3, 0.4) is 0 Å². The summed E-state index contributed by atoms with van der Waals surface area (Å²) in [5, 5.41) is 19.0.